The van der Waals surface area contributed by atoms with Gasteiger partial charge < -0.3 is 9.80 Å². The lowest BCUT2D eigenvalue weighted by atomic mass is 9.79. The van der Waals surface area contributed by atoms with Gasteiger partial charge in [0.2, 0.25) is 0 Å². The molecule has 3 saturated heterocycles. The zero-order chi connectivity index (χ0) is 17.5. The molecule has 1 aromatic carbocycles. The Balaban J connectivity index is 1.92. The Kier molecular flexibility index (Phi) is 2.81. The molecule has 3 heterocycles. The molecule has 4 atom stereocenters. The molecule has 0 saturated carbocycles. The summed E-state index contributed by atoms with van der Waals surface area (Å²) in [5.74, 6) is -0.134. The van der Waals surface area contributed by atoms with Gasteiger partial charge in [0.25, 0.3) is 11.8 Å². The van der Waals surface area contributed by atoms with E-state index in [4.69, 9.17) is 0 Å². The van der Waals surface area contributed by atoms with Gasteiger partial charge in [-0.2, -0.15) is 5.26 Å². The molecule has 3 aliphatic heterocycles. The number of nitrogens with zero attached hydrogens (tertiary/aromatic N) is 3. The number of nitriles is 1. The lowest BCUT2D eigenvalue weighted by Crippen LogP contribution is -2.60. The van der Waals surface area contributed by atoms with Crippen LogP contribution in [0.2, 0.25) is 0 Å². The number of fused-ring (bicyclic) bond motifs is 1. The minimum Gasteiger partial charge on any atom is -0.320 e. The Morgan fingerprint density at radius 2 is 1.83 bits per heavy atom. The summed E-state index contributed by atoms with van der Waals surface area (Å²) in [6, 6.07) is 9.91. The summed E-state index contributed by atoms with van der Waals surface area (Å²) < 4.78 is 0. The van der Waals surface area contributed by atoms with Gasteiger partial charge in [-0.15, -0.1) is 0 Å². The molecule has 6 heteroatoms. The number of benzene rings is 1. The first-order chi connectivity index (χ1) is 11.2. The molecule has 0 N–H and O–H groups in total. The summed E-state index contributed by atoms with van der Waals surface area (Å²) in [7, 11) is 1.68. The number of rotatable bonds is 1. The average Bonchev–Trinajstić information content (AvgIpc) is 3.02. The van der Waals surface area contributed by atoms with Crippen molar-refractivity contribution in [2.45, 2.75) is 43.0 Å². The second-order valence-electron chi connectivity index (χ2n) is 7.43. The number of thioether (sulfide) groups is 1. The summed E-state index contributed by atoms with van der Waals surface area (Å²) >= 11 is 1.40. The molecule has 3 aliphatic rings. The van der Waals surface area contributed by atoms with Crippen LogP contribution in [0.1, 0.15) is 37.4 Å². The van der Waals surface area contributed by atoms with Crippen molar-refractivity contribution >= 4 is 23.6 Å². The van der Waals surface area contributed by atoms with Gasteiger partial charge in [-0.05, 0) is 26.3 Å². The molecule has 1 aromatic rings. The topological polar surface area (TPSA) is 64.4 Å². The predicted molar refractivity (Wildman–Crippen MR) is 90.6 cm³/mol. The fourth-order valence-electron chi connectivity index (χ4n) is 4.39. The van der Waals surface area contributed by atoms with E-state index < -0.39 is 21.2 Å². The third-order valence-electron chi connectivity index (χ3n) is 5.77. The molecular weight excluding hydrogens is 322 g/mol. The van der Waals surface area contributed by atoms with Crippen LogP contribution in [0.5, 0.6) is 0 Å². The third-order valence-corrected chi connectivity index (χ3v) is 7.47. The highest BCUT2D eigenvalue weighted by Crippen LogP contribution is 2.69. The second-order valence-corrected chi connectivity index (χ2v) is 9.10. The van der Waals surface area contributed by atoms with E-state index >= 15 is 0 Å². The number of hydrogen-bond donors (Lipinski definition) is 0. The summed E-state index contributed by atoms with van der Waals surface area (Å²) in [6.07, 6.45) is 0.365. The van der Waals surface area contributed by atoms with Crippen molar-refractivity contribution in [2.75, 3.05) is 7.05 Å². The Morgan fingerprint density at radius 1 is 1.21 bits per heavy atom. The summed E-state index contributed by atoms with van der Waals surface area (Å²) in [5, 5.41) is 9.87. The van der Waals surface area contributed by atoms with Crippen molar-refractivity contribution in [3.05, 3.63) is 35.4 Å². The van der Waals surface area contributed by atoms with Gasteiger partial charge in [-0.3, -0.25) is 9.59 Å². The molecule has 2 bridgehead atoms. The van der Waals surface area contributed by atoms with Crippen LogP contribution in [0.15, 0.2) is 24.3 Å². The van der Waals surface area contributed by atoms with Crippen molar-refractivity contribution in [1.82, 2.24) is 9.80 Å². The highest BCUT2D eigenvalue weighted by Gasteiger charge is 2.78. The first-order valence-electron chi connectivity index (χ1n) is 8.00. The maximum absolute atomic E-state index is 13.2. The molecule has 0 unspecified atom stereocenters. The highest BCUT2D eigenvalue weighted by molar-refractivity contribution is 8.04. The molecule has 0 radical (unpaired) electrons. The quantitative estimate of drug-likeness (QED) is 0.787. The first kappa shape index (κ1) is 15.5. The number of aryl methyl sites for hydroxylation is 1. The SMILES string of the molecule is Cc1ccc([C@@H]2N3C(=O)[C@]4(C)S[C@@]3(C[C@]2(C)C#N)C(=O)N4C)cc1. The lowest BCUT2D eigenvalue weighted by Gasteiger charge is -2.40. The van der Waals surface area contributed by atoms with Gasteiger partial charge >= 0.3 is 0 Å². The third kappa shape index (κ3) is 1.52. The van der Waals surface area contributed by atoms with E-state index in [9.17, 15) is 14.9 Å². The molecular formula is C18H19N3O2S. The van der Waals surface area contributed by atoms with Crippen LogP contribution >= 0.6 is 11.8 Å². The van der Waals surface area contributed by atoms with Crippen molar-refractivity contribution in [3.8, 4) is 6.07 Å². The van der Waals surface area contributed by atoms with E-state index in [1.165, 1.54) is 11.8 Å². The fourth-order valence-corrected chi connectivity index (χ4v) is 6.34. The van der Waals surface area contributed by atoms with Gasteiger partial charge in [0.1, 0.15) is 0 Å². The van der Waals surface area contributed by atoms with Crippen LogP contribution in [0.3, 0.4) is 0 Å². The Hall–Kier alpha value is -2.00. The minimum absolute atomic E-state index is 0.0642. The van der Waals surface area contributed by atoms with E-state index in [-0.39, 0.29) is 11.8 Å². The molecule has 0 aromatic heterocycles. The number of carbonyl (C=O) groups is 2. The van der Waals surface area contributed by atoms with Crippen molar-refractivity contribution in [1.29, 1.82) is 5.26 Å². The fraction of sp³-hybridized carbons (Fsp3) is 0.500. The Labute approximate surface area is 145 Å². The van der Waals surface area contributed by atoms with Gasteiger partial charge in [-0.1, -0.05) is 41.6 Å². The normalized spacial score (nSPS) is 40.2. The lowest BCUT2D eigenvalue weighted by molar-refractivity contribution is -0.159. The van der Waals surface area contributed by atoms with Crippen molar-refractivity contribution in [2.24, 2.45) is 5.41 Å². The van der Waals surface area contributed by atoms with E-state index in [1.807, 2.05) is 38.1 Å². The zero-order valence-electron chi connectivity index (χ0n) is 14.2. The van der Waals surface area contributed by atoms with E-state index in [0.717, 1.165) is 11.1 Å². The Morgan fingerprint density at radius 3 is 2.42 bits per heavy atom. The smallest absolute Gasteiger partial charge is 0.261 e. The van der Waals surface area contributed by atoms with Crippen LogP contribution in [0, 0.1) is 23.7 Å². The Bertz CT molecular complexity index is 817. The van der Waals surface area contributed by atoms with Gasteiger partial charge in [0.15, 0.2) is 9.74 Å². The first-order valence-corrected chi connectivity index (χ1v) is 8.81. The monoisotopic (exact) mass is 341 g/mol. The number of hydrogen-bond acceptors (Lipinski definition) is 4. The molecule has 2 amide bonds. The largest absolute Gasteiger partial charge is 0.320 e. The molecule has 4 rings (SSSR count). The average molecular weight is 341 g/mol. The summed E-state index contributed by atoms with van der Waals surface area (Å²) in [4.78, 5) is 27.6. The van der Waals surface area contributed by atoms with Gasteiger partial charge in [0, 0.05) is 13.5 Å². The molecule has 0 aliphatic carbocycles. The summed E-state index contributed by atoms with van der Waals surface area (Å²) in [6.45, 7) is 5.67. The van der Waals surface area contributed by atoms with Crippen LogP contribution in [0.4, 0.5) is 0 Å². The number of piperazine rings is 1. The number of amides is 2. The maximum Gasteiger partial charge on any atom is 0.261 e. The zero-order valence-corrected chi connectivity index (χ0v) is 15.0. The van der Waals surface area contributed by atoms with Gasteiger partial charge in [-0.25, -0.2) is 0 Å². The van der Waals surface area contributed by atoms with Crippen LogP contribution in [0.25, 0.3) is 0 Å². The maximum atomic E-state index is 13.2. The predicted octanol–water partition coefficient (Wildman–Crippen LogP) is 2.43. The number of likely N-dealkylation sites (N-methyl/N-ethyl adjacent to an activating group) is 1. The number of carbonyl (C=O) groups excluding carboxylic acids is 2. The van der Waals surface area contributed by atoms with Crippen LogP contribution in [-0.2, 0) is 9.59 Å². The standard InChI is InChI=1S/C18H19N3O2S/c1-11-5-7-12(8-6-11)13-16(2,10-19)9-18-15(23)20(4)17(3,24-18)14(22)21(13)18/h5-8,13H,9H2,1-4H3/t13-,16+,17-,18-/m0/s1. The minimum atomic E-state index is -0.944. The van der Waals surface area contributed by atoms with Crippen LogP contribution < -0.4 is 0 Å². The van der Waals surface area contributed by atoms with Crippen LogP contribution in [-0.4, -0.2) is 38.4 Å². The van der Waals surface area contributed by atoms with E-state index in [1.54, 1.807) is 23.8 Å². The molecule has 3 fully saturated rings. The molecule has 24 heavy (non-hydrogen) atoms. The van der Waals surface area contributed by atoms with Crippen molar-refractivity contribution < 1.29 is 9.59 Å². The molecule has 1 spiro atoms. The van der Waals surface area contributed by atoms with Crippen molar-refractivity contribution in [3.63, 3.8) is 0 Å². The molecule has 124 valence electrons. The van der Waals surface area contributed by atoms with E-state index in [0.29, 0.717) is 6.42 Å². The highest BCUT2D eigenvalue weighted by atomic mass is 32.2. The summed E-state index contributed by atoms with van der Waals surface area (Å²) in [5.41, 5.74) is 1.25. The second kappa shape index (κ2) is 4.34. The van der Waals surface area contributed by atoms with Gasteiger partial charge in [0.05, 0.1) is 17.5 Å². The molecule has 5 nitrogen and oxygen atoms in total. The van der Waals surface area contributed by atoms with E-state index in [2.05, 4.69) is 6.07 Å².